The Bertz CT molecular complexity index is 575. The minimum absolute atomic E-state index is 0.191. The van der Waals surface area contributed by atoms with Crippen LogP contribution in [0.25, 0.3) is 0 Å². The maximum Gasteiger partial charge on any atom is 0.231 e. The SMILES string of the molecule is Oc1cc2c(cc1CNCc1cccnn1)OCO2. The summed E-state index contributed by atoms with van der Waals surface area (Å²) in [5.74, 6) is 1.43. The molecule has 1 aliphatic rings. The summed E-state index contributed by atoms with van der Waals surface area (Å²) in [5.41, 5.74) is 1.61. The first-order valence-corrected chi connectivity index (χ1v) is 5.92. The third kappa shape index (κ3) is 2.58. The molecule has 1 aliphatic heterocycles. The fraction of sp³-hybridized carbons (Fsp3) is 0.231. The average Bonchev–Trinajstić information content (AvgIpc) is 2.87. The normalized spacial score (nSPS) is 12.6. The van der Waals surface area contributed by atoms with Crippen LogP contribution in [-0.2, 0) is 13.1 Å². The Kier molecular flexibility index (Phi) is 3.16. The Morgan fingerprint density at radius 3 is 2.84 bits per heavy atom. The molecule has 0 saturated carbocycles. The molecule has 19 heavy (non-hydrogen) atoms. The molecule has 0 saturated heterocycles. The van der Waals surface area contributed by atoms with Crippen molar-refractivity contribution in [1.82, 2.24) is 15.5 Å². The van der Waals surface area contributed by atoms with E-state index < -0.39 is 0 Å². The number of phenols is 1. The van der Waals surface area contributed by atoms with E-state index in [1.54, 1.807) is 18.3 Å². The van der Waals surface area contributed by atoms with Crippen LogP contribution < -0.4 is 14.8 Å². The summed E-state index contributed by atoms with van der Waals surface area (Å²) in [6, 6.07) is 7.07. The molecular formula is C13H13N3O3. The van der Waals surface area contributed by atoms with Crippen molar-refractivity contribution in [2.75, 3.05) is 6.79 Å². The molecule has 2 N–H and O–H groups in total. The first-order valence-electron chi connectivity index (χ1n) is 5.92. The van der Waals surface area contributed by atoms with Crippen LogP contribution in [0.5, 0.6) is 17.2 Å². The highest BCUT2D eigenvalue weighted by molar-refractivity contribution is 5.51. The molecule has 1 aromatic heterocycles. The quantitative estimate of drug-likeness (QED) is 0.859. The van der Waals surface area contributed by atoms with E-state index in [1.165, 1.54) is 0 Å². The minimum atomic E-state index is 0.191. The van der Waals surface area contributed by atoms with Crippen LogP contribution in [0.1, 0.15) is 11.3 Å². The number of aromatic nitrogens is 2. The number of hydrogen-bond acceptors (Lipinski definition) is 6. The van der Waals surface area contributed by atoms with E-state index in [0.29, 0.717) is 24.6 Å². The van der Waals surface area contributed by atoms with E-state index in [-0.39, 0.29) is 12.5 Å². The fourth-order valence-electron chi connectivity index (χ4n) is 1.87. The van der Waals surface area contributed by atoms with Gasteiger partial charge in [-0.05, 0) is 18.2 Å². The Hall–Kier alpha value is -2.34. The lowest BCUT2D eigenvalue weighted by Gasteiger charge is -2.07. The van der Waals surface area contributed by atoms with E-state index in [9.17, 15) is 5.11 Å². The van der Waals surface area contributed by atoms with Crippen molar-refractivity contribution >= 4 is 0 Å². The van der Waals surface area contributed by atoms with Gasteiger partial charge in [-0.1, -0.05) is 0 Å². The van der Waals surface area contributed by atoms with Gasteiger partial charge >= 0.3 is 0 Å². The van der Waals surface area contributed by atoms with Crippen molar-refractivity contribution in [1.29, 1.82) is 0 Å². The molecule has 2 heterocycles. The van der Waals surface area contributed by atoms with E-state index >= 15 is 0 Å². The molecule has 0 aliphatic carbocycles. The summed E-state index contributed by atoms with van der Waals surface area (Å²) in [6.45, 7) is 1.30. The summed E-state index contributed by atoms with van der Waals surface area (Å²) in [6.07, 6.45) is 1.63. The second-order valence-electron chi connectivity index (χ2n) is 4.15. The van der Waals surface area contributed by atoms with E-state index in [4.69, 9.17) is 9.47 Å². The lowest BCUT2D eigenvalue weighted by Crippen LogP contribution is -2.14. The summed E-state index contributed by atoms with van der Waals surface area (Å²) in [7, 11) is 0. The first-order chi connectivity index (χ1) is 9.33. The number of hydrogen-bond donors (Lipinski definition) is 2. The molecule has 0 atom stereocenters. The Morgan fingerprint density at radius 2 is 2.05 bits per heavy atom. The van der Waals surface area contributed by atoms with Crippen LogP contribution in [0.4, 0.5) is 0 Å². The van der Waals surface area contributed by atoms with Gasteiger partial charge in [0.25, 0.3) is 0 Å². The molecule has 0 unspecified atom stereocenters. The Balaban J connectivity index is 1.64. The largest absolute Gasteiger partial charge is 0.507 e. The van der Waals surface area contributed by atoms with Crippen molar-refractivity contribution in [3.05, 3.63) is 41.7 Å². The van der Waals surface area contributed by atoms with Crippen LogP contribution in [0.3, 0.4) is 0 Å². The van der Waals surface area contributed by atoms with Gasteiger partial charge in [0, 0.05) is 30.9 Å². The minimum Gasteiger partial charge on any atom is -0.507 e. The van der Waals surface area contributed by atoms with Gasteiger partial charge in [-0.25, -0.2) is 0 Å². The summed E-state index contributed by atoms with van der Waals surface area (Å²) in [5, 5.41) is 20.8. The van der Waals surface area contributed by atoms with Crippen LogP contribution in [-0.4, -0.2) is 22.1 Å². The van der Waals surface area contributed by atoms with Gasteiger partial charge in [0.05, 0.1) is 5.69 Å². The second-order valence-corrected chi connectivity index (χ2v) is 4.15. The van der Waals surface area contributed by atoms with Gasteiger partial charge in [-0.15, -0.1) is 0 Å². The molecule has 0 radical (unpaired) electrons. The number of rotatable bonds is 4. The van der Waals surface area contributed by atoms with E-state index in [2.05, 4.69) is 15.5 Å². The van der Waals surface area contributed by atoms with Gasteiger partial charge in [-0.2, -0.15) is 10.2 Å². The maximum absolute atomic E-state index is 9.87. The lowest BCUT2D eigenvalue weighted by atomic mass is 10.1. The molecular weight excluding hydrogens is 246 g/mol. The molecule has 6 heteroatoms. The molecule has 2 aromatic rings. The zero-order valence-corrected chi connectivity index (χ0v) is 10.2. The van der Waals surface area contributed by atoms with Crippen LogP contribution >= 0.6 is 0 Å². The van der Waals surface area contributed by atoms with E-state index in [1.807, 2.05) is 12.1 Å². The molecule has 3 rings (SSSR count). The number of nitrogens with one attached hydrogen (secondary N) is 1. The molecule has 98 valence electrons. The van der Waals surface area contributed by atoms with Gasteiger partial charge in [0.15, 0.2) is 11.5 Å². The Morgan fingerprint density at radius 1 is 1.21 bits per heavy atom. The molecule has 0 bridgehead atoms. The first kappa shape index (κ1) is 11.7. The third-order valence-electron chi connectivity index (χ3n) is 2.82. The smallest absolute Gasteiger partial charge is 0.231 e. The number of ether oxygens (including phenoxy) is 2. The van der Waals surface area contributed by atoms with Gasteiger partial charge < -0.3 is 19.9 Å². The van der Waals surface area contributed by atoms with Crippen LogP contribution in [0.2, 0.25) is 0 Å². The predicted molar refractivity (Wildman–Crippen MR) is 66.8 cm³/mol. The summed E-state index contributed by atoms with van der Waals surface area (Å²) in [4.78, 5) is 0. The van der Waals surface area contributed by atoms with Crippen LogP contribution in [0.15, 0.2) is 30.5 Å². The summed E-state index contributed by atoms with van der Waals surface area (Å²) >= 11 is 0. The average molecular weight is 259 g/mol. The highest BCUT2D eigenvalue weighted by atomic mass is 16.7. The van der Waals surface area contributed by atoms with Gasteiger partial charge in [-0.3, -0.25) is 0 Å². The zero-order valence-electron chi connectivity index (χ0n) is 10.2. The molecule has 0 spiro atoms. The molecule has 0 fully saturated rings. The third-order valence-corrected chi connectivity index (χ3v) is 2.82. The fourth-order valence-corrected chi connectivity index (χ4v) is 1.87. The van der Waals surface area contributed by atoms with Crippen molar-refractivity contribution in [3.63, 3.8) is 0 Å². The molecule has 6 nitrogen and oxygen atoms in total. The van der Waals surface area contributed by atoms with Crippen molar-refractivity contribution in [2.24, 2.45) is 0 Å². The highest BCUT2D eigenvalue weighted by Gasteiger charge is 2.16. The predicted octanol–water partition coefficient (Wildman–Crippen LogP) is 1.20. The van der Waals surface area contributed by atoms with Crippen molar-refractivity contribution in [3.8, 4) is 17.2 Å². The van der Waals surface area contributed by atoms with Crippen molar-refractivity contribution in [2.45, 2.75) is 13.1 Å². The lowest BCUT2D eigenvalue weighted by molar-refractivity contribution is 0.174. The topological polar surface area (TPSA) is 76.5 Å². The zero-order chi connectivity index (χ0) is 13.1. The maximum atomic E-state index is 9.87. The molecule has 0 amide bonds. The monoisotopic (exact) mass is 259 g/mol. The van der Waals surface area contributed by atoms with Gasteiger partial charge in [0.2, 0.25) is 6.79 Å². The second kappa shape index (κ2) is 5.11. The van der Waals surface area contributed by atoms with Gasteiger partial charge in [0.1, 0.15) is 5.75 Å². The number of phenolic OH excluding ortho intramolecular Hbond substituents is 1. The van der Waals surface area contributed by atoms with Crippen LogP contribution in [0, 0.1) is 0 Å². The summed E-state index contributed by atoms with van der Waals surface area (Å²) < 4.78 is 10.5. The van der Waals surface area contributed by atoms with Crippen molar-refractivity contribution < 1.29 is 14.6 Å². The number of nitrogens with zero attached hydrogens (tertiary/aromatic N) is 2. The molecule has 1 aromatic carbocycles. The van der Waals surface area contributed by atoms with E-state index in [0.717, 1.165) is 11.3 Å². The standard InChI is InChI=1S/C13H13N3O3/c17-11-5-13-12(18-8-19-13)4-9(11)6-14-7-10-2-1-3-15-16-10/h1-5,14,17H,6-8H2. The highest BCUT2D eigenvalue weighted by Crippen LogP contribution is 2.37. The Labute approximate surface area is 110 Å². The number of fused-ring (bicyclic) bond motifs is 1. The number of aromatic hydroxyl groups is 1. The number of benzene rings is 1.